The summed E-state index contributed by atoms with van der Waals surface area (Å²) in [5, 5.41) is 2.40. The molecule has 0 aromatic heterocycles. The lowest BCUT2D eigenvalue weighted by atomic mass is 10.2. The summed E-state index contributed by atoms with van der Waals surface area (Å²) in [6.45, 7) is 5.06. The first-order chi connectivity index (χ1) is 5.61. The van der Waals surface area contributed by atoms with Gasteiger partial charge in [0, 0.05) is 0 Å². The molecule has 1 unspecified atom stereocenters. The molecule has 0 saturated carbocycles. The molecule has 0 heterocycles. The Morgan fingerprint density at radius 1 is 1.67 bits per heavy atom. The summed E-state index contributed by atoms with van der Waals surface area (Å²) in [5.41, 5.74) is 0. The second-order valence-corrected chi connectivity index (χ2v) is 2.32. The molecule has 1 amide bonds. The van der Waals surface area contributed by atoms with Crippen molar-refractivity contribution >= 4 is 11.9 Å². The highest BCUT2D eigenvalue weighted by Gasteiger charge is 2.09. The maximum atomic E-state index is 11.0. The van der Waals surface area contributed by atoms with Crippen molar-refractivity contribution in [3.8, 4) is 0 Å². The molecule has 0 aliphatic carbocycles. The number of rotatable bonds is 4. The number of carbonyl (C=O) groups is 2. The molecule has 0 aliphatic rings. The average molecular weight is 171 g/mol. The second-order valence-electron chi connectivity index (χ2n) is 2.32. The lowest BCUT2D eigenvalue weighted by Gasteiger charge is -2.06. The highest BCUT2D eigenvalue weighted by molar-refractivity contribution is 5.84. The fraction of sp³-hybridized carbons (Fsp3) is 0.500. The molecule has 1 N–H and O–H groups in total. The van der Waals surface area contributed by atoms with Crippen molar-refractivity contribution in [3.05, 3.63) is 12.7 Å². The van der Waals surface area contributed by atoms with E-state index in [4.69, 9.17) is 0 Å². The van der Waals surface area contributed by atoms with Crippen LogP contribution in [0.4, 0.5) is 0 Å². The summed E-state index contributed by atoms with van der Waals surface area (Å²) in [5.74, 6) is -0.968. The second kappa shape index (κ2) is 5.35. The van der Waals surface area contributed by atoms with E-state index in [0.29, 0.717) is 0 Å². The molecule has 1 atom stereocenters. The smallest absolute Gasteiger partial charge is 0.325 e. The predicted molar refractivity (Wildman–Crippen MR) is 44.4 cm³/mol. The SMILES string of the molecule is C=CC(C)C(=O)NCC(=O)OC. The van der Waals surface area contributed by atoms with Crippen LogP contribution >= 0.6 is 0 Å². The van der Waals surface area contributed by atoms with Crippen LogP contribution in [0.1, 0.15) is 6.92 Å². The van der Waals surface area contributed by atoms with Crippen molar-refractivity contribution in [1.82, 2.24) is 5.32 Å². The number of methoxy groups -OCH3 is 1. The fourth-order valence-corrected chi connectivity index (χ4v) is 0.499. The maximum Gasteiger partial charge on any atom is 0.325 e. The molecule has 4 nitrogen and oxygen atoms in total. The molecule has 0 spiro atoms. The number of nitrogens with one attached hydrogen (secondary N) is 1. The largest absolute Gasteiger partial charge is 0.468 e. The van der Waals surface area contributed by atoms with E-state index in [1.54, 1.807) is 6.92 Å². The minimum atomic E-state index is -0.459. The van der Waals surface area contributed by atoms with Gasteiger partial charge in [-0.25, -0.2) is 0 Å². The van der Waals surface area contributed by atoms with Crippen LogP contribution in [0.15, 0.2) is 12.7 Å². The van der Waals surface area contributed by atoms with E-state index in [1.165, 1.54) is 13.2 Å². The molecule has 0 bridgehead atoms. The number of esters is 1. The minimum Gasteiger partial charge on any atom is -0.468 e. The number of ether oxygens (including phenoxy) is 1. The number of hydrogen-bond acceptors (Lipinski definition) is 3. The molecule has 4 heteroatoms. The van der Waals surface area contributed by atoms with Crippen LogP contribution in [0, 0.1) is 5.92 Å². The first-order valence-electron chi connectivity index (χ1n) is 3.59. The van der Waals surface area contributed by atoms with E-state index in [1.807, 2.05) is 0 Å². The molecule has 0 aromatic carbocycles. The summed E-state index contributed by atoms with van der Waals surface area (Å²) in [6, 6.07) is 0. The third-order valence-electron chi connectivity index (χ3n) is 1.40. The Morgan fingerprint density at radius 3 is 2.67 bits per heavy atom. The van der Waals surface area contributed by atoms with E-state index in [2.05, 4.69) is 16.6 Å². The van der Waals surface area contributed by atoms with Gasteiger partial charge in [0.1, 0.15) is 6.54 Å². The summed E-state index contributed by atoms with van der Waals surface area (Å²) >= 11 is 0. The van der Waals surface area contributed by atoms with Gasteiger partial charge in [-0.05, 0) is 0 Å². The van der Waals surface area contributed by atoms with Crippen LogP contribution < -0.4 is 5.32 Å². The Bertz CT molecular complexity index is 189. The molecule has 0 rings (SSSR count). The molecule has 12 heavy (non-hydrogen) atoms. The van der Waals surface area contributed by atoms with Gasteiger partial charge in [-0.15, -0.1) is 6.58 Å². The van der Waals surface area contributed by atoms with Gasteiger partial charge in [0.15, 0.2) is 0 Å². The Balaban J connectivity index is 3.71. The van der Waals surface area contributed by atoms with E-state index >= 15 is 0 Å². The highest BCUT2D eigenvalue weighted by Crippen LogP contribution is 1.93. The van der Waals surface area contributed by atoms with E-state index < -0.39 is 5.97 Å². The molecular formula is C8H13NO3. The zero-order valence-electron chi connectivity index (χ0n) is 7.29. The number of carbonyl (C=O) groups excluding carboxylic acids is 2. The Hall–Kier alpha value is -1.32. The molecular weight excluding hydrogens is 158 g/mol. The van der Waals surface area contributed by atoms with Crippen molar-refractivity contribution in [3.63, 3.8) is 0 Å². The zero-order chi connectivity index (χ0) is 9.56. The molecule has 0 radical (unpaired) electrons. The van der Waals surface area contributed by atoms with Gasteiger partial charge in [0.25, 0.3) is 0 Å². The third-order valence-corrected chi connectivity index (χ3v) is 1.40. The van der Waals surface area contributed by atoms with E-state index in [0.717, 1.165) is 0 Å². The lowest BCUT2D eigenvalue weighted by Crippen LogP contribution is -2.33. The zero-order valence-corrected chi connectivity index (χ0v) is 7.29. The van der Waals surface area contributed by atoms with Crippen LogP contribution in [-0.2, 0) is 14.3 Å². The van der Waals surface area contributed by atoms with Gasteiger partial charge in [0.05, 0.1) is 13.0 Å². The normalized spacial score (nSPS) is 11.5. The summed E-state index contributed by atoms with van der Waals surface area (Å²) in [6.07, 6.45) is 1.51. The first-order valence-corrected chi connectivity index (χ1v) is 3.59. The van der Waals surface area contributed by atoms with Crippen LogP contribution in [0.25, 0.3) is 0 Å². The first kappa shape index (κ1) is 10.7. The van der Waals surface area contributed by atoms with Crippen LogP contribution in [0.5, 0.6) is 0 Å². The van der Waals surface area contributed by atoms with Gasteiger partial charge in [-0.1, -0.05) is 13.0 Å². The van der Waals surface area contributed by atoms with Crippen molar-refractivity contribution in [2.75, 3.05) is 13.7 Å². The standard InChI is InChI=1S/C8H13NO3/c1-4-6(2)8(11)9-5-7(10)12-3/h4,6H,1,5H2,2-3H3,(H,9,11). The van der Waals surface area contributed by atoms with Gasteiger partial charge in [-0.2, -0.15) is 0 Å². The summed E-state index contributed by atoms with van der Waals surface area (Å²) in [4.78, 5) is 21.6. The molecule has 0 aliphatic heterocycles. The maximum absolute atomic E-state index is 11.0. The Morgan fingerprint density at radius 2 is 2.25 bits per heavy atom. The van der Waals surface area contributed by atoms with Crippen LogP contribution in [-0.4, -0.2) is 25.5 Å². The highest BCUT2D eigenvalue weighted by atomic mass is 16.5. The third kappa shape index (κ3) is 3.75. The van der Waals surface area contributed by atoms with Crippen LogP contribution in [0.3, 0.4) is 0 Å². The number of amides is 1. The van der Waals surface area contributed by atoms with Gasteiger partial charge in [-0.3, -0.25) is 9.59 Å². The number of hydrogen-bond donors (Lipinski definition) is 1. The van der Waals surface area contributed by atoms with Gasteiger partial charge >= 0.3 is 5.97 Å². The quantitative estimate of drug-likeness (QED) is 0.482. The summed E-state index contributed by atoms with van der Waals surface area (Å²) in [7, 11) is 1.27. The molecule has 0 saturated heterocycles. The minimum absolute atomic E-state index is 0.0898. The van der Waals surface area contributed by atoms with Gasteiger partial charge < -0.3 is 10.1 Å². The van der Waals surface area contributed by atoms with Crippen LogP contribution in [0.2, 0.25) is 0 Å². The monoisotopic (exact) mass is 171 g/mol. The van der Waals surface area contributed by atoms with E-state index in [-0.39, 0.29) is 18.4 Å². The van der Waals surface area contributed by atoms with Gasteiger partial charge in [0.2, 0.25) is 5.91 Å². The lowest BCUT2D eigenvalue weighted by molar-refractivity contribution is -0.141. The molecule has 0 aromatic rings. The Labute approximate surface area is 71.6 Å². The molecule has 0 fully saturated rings. The van der Waals surface area contributed by atoms with Crippen molar-refractivity contribution < 1.29 is 14.3 Å². The molecule has 68 valence electrons. The van der Waals surface area contributed by atoms with Crippen molar-refractivity contribution in [2.45, 2.75) is 6.92 Å². The van der Waals surface area contributed by atoms with Crippen molar-refractivity contribution in [2.24, 2.45) is 5.92 Å². The fourth-order valence-electron chi connectivity index (χ4n) is 0.499. The van der Waals surface area contributed by atoms with Crippen molar-refractivity contribution in [1.29, 1.82) is 0 Å². The Kier molecular flexibility index (Phi) is 4.76. The summed E-state index contributed by atoms with van der Waals surface area (Å²) < 4.78 is 4.33. The van der Waals surface area contributed by atoms with E-state index in [9.17, 15) is 9.59 Å². The average Bonchev–Trinajstić information content (AvgIpc) is 2.11. The predicted octanol–water partition coefficient (Wildman–Crippen LogP) is 0.0977. The topological polar surface area (TPSA) is 55.4 Å².